The van der Waals surface area contributed by atoms with E-state index < -0.39 is 37.3 Å². The molecule has 0 amide bonds. The molecule has 0 aromatic heterocycles. The highest BCUT2D eigenvalue weighted by atomic mass is 16.6. The second kappa shape index (κ2) is 6.42. The van der Waals surface area contributed by atoms with Gasteiger partial charge in [0.25, 0.3) is 0 Å². The lowest BCUT2D eigenvalue weighted by atomic mass is 9.97. The van der Waals surface area contributed by atoms with Crippen LogP contribution in [0.2, 0.25) is 0 Å². The van der Waals surface area contributed by atoms with Crippen LogP contribution in [-0.2, 0) is 16.1 Å². The summed E-state index contributed by atoms with van der Waals surface area (Å²) in [6, 6.07) is 8.56. The number of hydrogen-bond donors (Lipinski definition) is 4. The number of rotatable bonds is 4. The standard InChI is InChI=1S/C13H19NO5/c14-10-12(11(16)9(6-15)19-13(10)17)18-7-8-4-2-1-3-5-8/h1-5,9-13,15-17H,6-7,14H2/t9-,10-,11-,12-,13?/m1/s1. The minimum Gasteiger partial charge on any atom is -0.394 e. The SMILES string of the molecule is N[C@H]1C(O)O[C@H](CO)[C@@H](O)[C@@H]1OCc1ccccc1. The third-order valence-electron chi connectivity index (χ3n) is 3.21. The lowest BCUT2D eigenvalue weighted by molar-refractivity contribution is -0.258. The summed E-state index contributed by atoms with van der Waals surface area (Å²) in [4.78, 5) is 0. The molecule has 1 unspecified atom stereocenters. The molecule has 0 aliphatic carbocycles. The summed E-state index contributed by atoms with van der Waals surface area (Å²) in [5, 5.41) is 28.7. The summed E-state index contributed by atoms with van der Waals surface area (Å²) in [6.45, 7) is -0.142. The van der Waals surface area contributed by atoms with Crippen molar-refractivity contribution in [2.24, 2.45) is 5.73 Å². The summed E-state index contributed by atoms with van der Waals surface area (Å²) >= 11 is 0. The summed E-state index contributed by atoms with van der Waals surface area (Å²) in [6.07, 6.45) is -4.02. The molecule has 1 fully saturated rings. The Morgan fingerprint density at radius 3 is 2.53 bits per heavy atom. The van der Waals surface area contributed by atoms with E-state index in [2.05, 4.69) is 0 Å². The van der Waals surface area contributed by atoms with E-state index in [4.69, 9.17) is 20.3 Å². The molecule has 0 spiro atoms. The highest BCUT2D eigenvalue weighted by Crippen LogP contribution is 2.22. The molecule has 6 heteroatoms. The summed E-state index contributed by atoms with van der Waals surface area (Å²) < 4.78 is 10.6. The average Bonchev–Trinajstić information content (AvgIpc) is 2.44. The number of ether oxygens (including phenoxy) is 2. The highest BCUT2D eigenvalue weighted by molar-refractivity contribution is 5.13. The third-order valence-corrected chi connectivity index (χ3v) is 3.21. The Bertz CT molecular complexity index is 388. The van der Waals surface area contributed by atoms with Crippen molar-refractivity contribution in [2.75, 3.05) is 6.61 Å². The molecule has 106 valence electrons. The lowest BCUT2D eigenvalue weighted by Crippen LogP contribution is -2.62. The smallest absolute Gasteiger partial charge is 0.173 e. The first-order valence-electron chi connectivity index (χ1n) is 6.17. The number of benzene rings is 1. The number of aliphatic hydroxyl groups is 3. The Hall–Kier alpha value is -1.02. The molecule has 6 nitrogen and oxygen atoms in total. The van der Waals surface area contributed by atoms with Gasteiger partial charge in [0.1, 0.15) is 18.3 Å². The maximum absolute atomic E-state index is 9.99. The number of nitrogens with two attached hydrogens (primary N) is 1. The van der Waals surface area contributed by atoms with Gasteiger partial charge in [-0.05, 0) is 5.56 Å². The van der Waals surface area contributed by atoms with Crippen molar-refractivity contribution in [3.63, 3.8) is 0 Å². The first-order chi connectivity index (χ1) is 9.13. The van der Waals surface area contributed by atoms with Crippen molar-refractivity contribution in [2.45, 2.75) is 37.3 Å². The lowest BCUT2D eigenvalue weighted by Gasteiger charge is -2.40. The van der Waals surface area contributed by atoms with Crippen LogP contribution in [-0.4, -0.2) is 52.6 Å². The zero-order valence-corrected chi connectivity index (χ0v) is 10.4. The number of aliphatic hydroxyl groups excluding tert-OH is 3. The largest absolute Gasteiger partial charge is 0.394 e. The van der Waals surface area contributed by atoms with Gasteiger partial charge in [-0.25, -0.2) is 0 Å². The maximum Gasteiger partial charge on any atom is 0.173 e. The van der Waals surface area contributed by atoms with Crippen molar-refractivity contribution < 1.29 is 24.8 Å². The van der Waals surface area contributed by atoms with Crippen LogP contribution in [0.1, 0.15) is 5.56 Å². The fraction of sp³-hybridized carbons (Fsp3) is 0.538. The quantitative estimate of drug-likeness (QED) is 0.557. The monoisotopic (exact) mass is 269 g/mol. The van der Waals surface area contributed by atoms with E-state index in [-0.39, 0.29) is 6.61 Å². The van der Waals surface area contributed by atoms with Crippen LogP contribution < -0.4 is 5.73 Å². The molecule has 1 saturated heterocycles. The van der Waals surface area contributed by atoms with E-state index in [0.717, 1.165) is 5.56 Å². The van der Waals surface area contributed by atoms with Gasteiger partial charge in [-0.3, -0.25) is 0 Å². The van der Waals surface area contributed by atoms with Gasteiger partial charge in [0, 0.05) is 0 Å². The Morgan fingerprint density at radius 2 is 1.89 bits per heavy atom. The molecule has 1 aromatic carbocycles. The van der Waals surface area contributed by atoms with Gasteiger partial charge in [-0.15, -0.1) is 0 Å². The molecule has 1 aliphatic heterocycles. The van der Waals surface area contributed by atoms with Crippen LogP contribution in [0.4, 0.5) is 0 Å². The molecule has 0 saturated carbocycles. The highest BCUT2D eigenvalue weighted by Gasteiger charge is 2.43. The van der Waals surface area contributed by atoms with Gasteiger partial charge >= 0.3 is 0 Å². The second-order valence-electron chi connectivity index (χ2n) is 4.58. The van der Waals surface area contributed by atoms with E-state index in [1.54, 1.807) is 0 Å². The molecule has 1 heterocycles. The molecule has 19 heavy (non-hydrogen) atoms. The molecule has 5 atom stereocenters. The molecule has 0 bridgehead atoms. The van der Waals surface area contributed by atoms with E-state index in [0.29, 0.717) is 0 Å². The Labute approximate surface area is 111 Å². The van der Waals surface area contributed by atoms with E-state index in [9.17, 15) is 10.2 Å². The predicted molar refractivity (Wildman–Crippen MR) is 67.0 cm³/mol. The van der Waals surface area contributed by atoms with Gasteiger partial charge in [0.15, 0.2) is 6.29 Å². The zero-order valence-electron chi connectivity index (χ0n) is 10.4. The van der Waals surface area contributed by atoms with Crippen molar-refractivity contribution >= 4 is 0 Å². The van der Waals surface area contributed by atoms with Crippen LogP contribution >= 0.6 is 0 Å². The summed E-state index contributed by atoms with van der Waals surface area (Å²) in [7, 11) is 0. The van der Waals surface area contributed by atoms with Crippen LogP contribution in [0.5, 0.6) is 0 Å². The fourth-order valence-electron chi connectivity index (χ4n) is 2.08. The van der Waals surface area contributed by atoms with Crippen molar-refractivity contribution in [3.8, 4) is 0 Å². The molecule has 5 N–H and O–H groups in total. The Morgan fingerprint density at radius 1 is 1.21 bits per heavy atom. The maximum atomic E-state index is 9.99. The minimum absolute atomic E-state index is 0.265. The second-order valence-corrected chi connectivity index (χ2v) is 4.58. The zero-order chi connectivity index (χ0) is 13.8. The Kier molecular flexibility index (Phi) is 4.87. The summed E-state index contributed by atoms with van der Waals surface area (Å²) in [5.41, 5.74) is 6.69. The molecular formula is C13H19NO5. The molecule has 2 rings (SSSR count). The van der Waals surface area contributed by atoms with Gasteiger partial charge in [0.05, 0.1) is 19.3 Å². The van der Waals surface area contributed by atoms with Crippen molar-refractivity contribution in [1.29, 1.82) is 0 Å². The van der Waals surface area contributed by atoms with E-state index in [1.807, 2.05) is 30.3 Å². The fourth-order valence-corrected chi connectivity index (χ4v) is 2.08. The topological polar surface area (TPSA) is 105 Å². The van der Waals surface area contributed by atoms with Gasteiger partial charge in [-0.2, -0.15) is 0 Å². The predicted octanol–water partition coefficient (Wildman–Crippen LogP) is -1.03. The van der Waals surface area contributed by atoms with Crippen LogP contribution in [0.15, 0.2) is 30.3 Å². The van der Waals surface area contributed by atoms with E-state index >= 15 is 0 Å². The molecule has 1 aromatic rings. The minimum atomic E-state index is -1.26. The third kappa shape index (κ3) is 3.30. The first kappa shape index (κ1) is 14.4. The van der Waals surface area contributed by atoms with Gasteiger partial charge in [0.2, 0.25) is 0 Å². The molecule has 0 radical (unpaired) electrons. The van der Waals surface area contributed by atoms with Gasteiger partial charge < -0.3 is 30.5 Å². The average molecular weight is 269 g/mol. The normalized spacial score (nSPS) is 35.3. The van der Waals surface area contributed by atoms with Crippen LogP contribution in [0, 0.1) is 0 Å². The van der Waals surface area contributed by atoms with Gasteiger partial charge in [-0.1, -0.05) is 30.3 Å². The van der Waals surface area contributed by atoms with Crippen LogP contribution in [0.3, 0.4) is 0 Å². The first-order valence-corrected chi connectivity index (χ1v) is 6.17. The number of hydrogen-bond acceptors (Lipinski definition) is 6. The van der Waals surface area contributed by atoms with Crippen molar-refractivity contribution in [1.82, 2.24) is 0 Å². The van der Waals surface area contributed by atoms with Crippen LogP contribution in [0.25, 0.3) is 0 Å². The van der Waals surface area contributed by atoms with E-state index in [1.165, 1.54) is 0 Å². The molecule has 1 aliphatic rings. The summed E-state index contributed by atoms with van der Waals surface area (Å²) in [5.74, 6) is 0. The Balaban J connectivity index is 2.00. The van der Waals surface area contributed by atoms with Crippen molar-refractivity contribution in [3.05, 3.63) is 35.9 Å². The molecular weight excluding hydrogens is 250 g/mol.